The van der Waals surface area contributed by atoms with E-state index in [-0.39, 0.29) is 5.82 Å². The summed E-state index contributed by atoms with van der Waals surface area (Å²) >= 11 is 0. The minimum Gasteiger partial charge on any atom is -0.375 e. The molecule has 1 aromatic rings. The third kappa shape index (κ3) is 2.43. The zero-order valence-electron chi connectivity index (χ0n) is 10.7. The molecule has 1 aliphatic heterocycles. The Hall–Kier alpha value is -1.31. The van der Waals surface area contributed by atoms with Crippen LogP contribution in [-0.4, -0.2) is 18.0 Å². The molecule has 3 rings (SSSR count). The van der Waals surface area contributed by atoms with Crippen LogP contribution in [0.25, 0.3) is 0 Å². The number of benzene rings is 1. The average molecular weight is 245 g/mol. The second kappa shape index (κ2) is 5.13. The first kappa shape index (κ1) is 11.8. The predicted molar refractivity (Wildman–Crippen MR) is 71.9 cm³/mol. The van der Waals surface area contributed by atoms with Crippen molar-refractivity contribution >= 4 is 0 Å². The van der Waals surface area contributed by atoms with E-state index < -0.39 is 0 Å². The second-order valence-electron chi connectivity index (χ2n) is 5.41. The molecule has 0 bridgehead atoms. The molecule has 96 valence electrons. The number of allylic oxidation sites excluding steroid dienone is 2. The summed E-state index contributed by atoms with van der Waals surface area (Å²) < 4.78 is 12.9. The Labute approximate surface area is 108 Å². The lowest BCUT2D eigenvalue weighted by Gasteiger charge is -2.28. The molecule has 0 spiro atoms. The van der Waals surface area contributed by atoms with E-state index in [1.807, 2.05) is 12.1 Å². The van der Waals surface area contributed by atoms with Crippen LogP contribution in [0.3, 0.4) is 0 Å². The van der Waals surface area contributed by atoms with Gasteiger partial charge in [-0.3, -0.25) is 0 Å². The topological polar surface area (TPSA) is 3.24 Å². The standard InChI is InChI=1S/C16H20FN/c17-15-7-3-13(4-8-15)14-5-9-16(10-6-14)18-11-1-2-12-18/h3-4,7-9,14H,1-2,5-6,10-12H2. The largest absolute Gasteiger partial charge is 0.375 e. The van der Waals surface area contributed by atoms with Crippen LogP contribution in [-0.2, 0) is 0 Å². The van der Waals surface area contributed by atoms with E-state index >= 15 is 0 Å². The number of nitrogens with zero attached hydrogens (tertiary/aromatic N) is 1. The zero-order valence-corrected chi connectivity index (χ0v) is 10.7. The van der Waals surface area contributed by atoms with Gasteiger partial charge < -0.3 is 4.90 Å². The van der Waals surface area contributed by atoms with Gasteiger partial charge in [-0.05, 0) is 55.7 Å². The molecule has 1 aromatic carbocycles. The lowest BCUT2D eigenvalue weighted by molar-refractivity contribution is 0.383. The van der Waals surface area contributed by atoms with Crippen LogP contribution < -0.4 is 0 Å². The van der Waals surface area contributed by atoms with Gasteiger partial charge in [0.15, 0.2) is 0 Å². The molecular weight excluding hydrogens is 225 g/mol. The Balaban J connectivity index is 1.66. The molecule has 2 heteroatoms. The van der Waals surface area contributed by atoms with Gasteiger partial charge in [0.05, 0.1) is 0 Å². The van der Waals surface area contributed by atoms with E-state index in [0.717, 1.165) is 6.42 Å². The highest BCUT2D eigenvalue weighted by Crippen LogP contribution is 2.34. The van der Waals surface area contributed by atoms with Crippen molar-refractivity contribution in [2.24, 2.45) is 0 Å². The summed E-state index contributed by atoms with van der Waals surface area (Å²) in [5.41, 5.74) is 2.83. The predicted octanol–water partition coefficient (Wildman–Crippen LogP) is 4.07. The summed E-state index contributed by atoms with van der Waals surface area (Å²) in [4.78, 5) is 2.54. The van der Waals surface area contributed by atoms with E-state index in [4.69, 9.17) is 0 Å². The fourth-order valence-corrected chi connectivity index (χ4v) is 3.15. The summed E-state index contributed by atoms with van der Waals surface area (Å²) in [6, 6.07) is 7.04. The molecular formula is C16H20FN. The fraction of sp³-hybridized carbons (Fsp3) is 0.500. The van der Waals surface area contributed by atoms with Gasteiger partial charge in [-0.1, -0.05) is 18.2 Å². The molecule has 0 radical (unpaired) electrons. The highest BCUT2D eigenvalue weighted by molar-refractivity contribution is 5.23. The van der Waals surface area contributed by atoms with Crippen LogP contribution in [0, 0.1) is 5.82 Å². The third-order valence-corrected chi connectivity index (χ3v) is 4.24. The smallest absolute Gasteiger partial charge is 0.123 e. The Morgan fingerprint density at radius 3 is 2.39 bits per heavy atom. The summed E-state index contributed by atoms with van der Waals surface area (Å²) in [5, 5.41) is 0. The summed E-state index contributed by atoms with van der Waals surface area (Å²) in [5.74, 6) is 0.444. The van der Waals surface area contributed by atoms with Crippen LogP contribution in [0.4, 0.5) is 4.39 Å². The molecule has 1 unspecified atom stereocenters. The van der Waals surface area contributed by atoms with Gasteiger partial charge in [-0.15, -0.1) is 0 Å². The number of halogens is 1. The lowest BCUT2D eigenvalue weighted by Crippen LogP contribution is -2.21. The number of hydrogen-bond donors (Lipinski definition) is 0. The Kier molecular flexibility index (Phi) is 3.35. The van der Waals surface area contributed by atoms with Crippen molar-refractivity contribution < 1.29 is 4.39 Å². The molecule has 1 nitrogen and oxygen atoms in total. The normalized spacial score (nSPS) is 24.2. The van der Waals surface area contributed by atoms with Crippen LogP contribution in [0.1, 0.15) is 43.6 Å². The fourth-order valence-electron chi connectivity index (χ4n) is 3.15. The summed E-state index contributed by atoms with van der Waals surface area (Å²) in [6.45, 7) is 2.49. The van der Waals surface area contributed by atoms with Crippen LogP contribution >= 0.6 is 0 Å². The van der Waals surface area contributed by atoms with Gasteiger partial charge in [0.25, 0.3) is 0 Å². The third-order valence-electron chi connectivity index (χ3n) is 4.24. The van der Waals surface area contributed by atoms with Crippen LogP contribution in [0.15, 0.2) is 36.0 Å². The molecule has 0 saturated carbocycles. The minimum atomic E-state index is -0.136. The van der Waals surface area contributed by atoms with Gasteiger partial charge in [0, 0.05) is 18.8 Å². The Bertz CT molecular complexity index is 429. The first-order valence-corrected chi connectivity index (χ1v) is 7.02. The van der Waals surface area contributed by atoms with Crippen molar-refractivity contribution in [2.75, 3.05) is 13.1 Å². The molecule has 1 aliphatic carbocycles. The van der Waals surface area contributed by atoms with E-state index in [2.05, 4.69) is 11.0 Å². The van der Waals surface area contributed by atoms with Crippen molar-refractivity contribution in [3.05, 3.63) is 47.4 Å². The van der Waals surface area contributed by atoms with Gasteiger partial charge in [0.2, 0.25) is 0 Å². The average Bonchev–Trinajstić information content (AvgIpc) is 2.94. The summed E-state index contributed by atoms with van der Waals surface area (Å²) in [7, 11) is 0. The number of rotatable bonds is 2. The van der Waals surface area contributed by atoms with Crippen LogP contribution in [0.2, 0.25) is 0 Å². The highest BCUT2D eigenvalue weighted by Gasteiger charge is 2.21. The van der Waals surface area contributed by atoms with Crippen LogP contribution in [0.5, 0.6) is 0 Å². The molecule has 2 aliphatic rings. The molecule has 0 aromatic heterocycles. The maximum Gasteiger partial charge on any atom is 0.123 e. The molecule has 0 N–H and O–H groups in total. The van der Waals surface area contributed by atoms with Crippen molar-refractivity contribution in [3.63, 3.8) is 0 Å². The SMILES string of the molecule is Fc1ccc(C2CC=C(N3CCCC3)CC2)cc1. The second-order valence-corrected chi connectivity index (χ2v) is 5.41. The van der Waals surface area contributed by atoms with Crippen molar-refractivity contribution in [1.29, 1.82) is 0 Å². The van der Waals surface area contributed by atoms with Crippen molar-refractivity contribution in [2.45, 2.75) is 38.0 Å². The van der Waals surface area contributed by atoms with E-state index in [9.17, 15) is 4.39 Å². The van der Waals surface area contributed by atoms with Gasteiger partial charge in [-0.2, -0.15) is 0 Å². The Morgan fingerprint density at radius 1 is 1.06 bits per heavy atom. The molecule has 1 saturated heterocycles. The van der Waals surface area contributed by atoms with E-state index in [0.29, 0.717) is 5.92 Å². The first-order chi connectivity index (χ1) is 8.83. The maximum absolute atomic E-state index is 12.9. The van der Waals surface area contributed by atoms with Crippen molar-refractivity contribution in [3.8, 4) is 0 Å². The van der Waals surface area contributed by atoms with Gasteiger partial charge in [-0.25, -0.2) is 4.39 Å². The zero-order chi connectivity index (χ0) is 12.4. The quantitative estimate of drug-likeness (QED) is 0.759. The van der Waals surface area contributed by atoms with Gasteiger partial charge >= 0.3 is 0 Å². The highest BCUT2D eigenvalue weighted by atomic mass is 19.1. The molecule has 1 atom stereocenters. The minimum absolute atomic E-state index is 0.136. The van der Waals surface area contributed by atoms with Gasteiger partial charge in [0.1, 0.15) is 5.82 Å². The molecule has 1 fully saturated rings. The molecule has 0 amide bonds. The number of likely N-dealkylation sites (tertiary alicyclic amines) is 1. The monoisotopic (exact) mass is 245 g/mol. The van der Waals surface area contributed by atoms with E-state index in [1.165, 1.54) is 44.3 Å². The lowest BCUT2D eigenvalue weighted by atomic mass is 9.86. The molecule has 1 heterocycles. The Morgan fingerprint density at radius 2 is 1.78 bits per heavy atom. The maximum atomic E-state index is 12.9. The number of hydrogen-bond acceptors (Lipinski definition) is 1. The molecule has 18 heavy (non-hydrogen) atoms. The van der Waals surface area contributed by atoms with Crippen molar-refractivity contribution in [1.82, 2.24) is 4.90 Å². The summed E-state index contributed by atoms with van der Waals surface area (Å²) in [6.07, 6.45) is 8.59. The van der Waals surface area contributed by atoms with E-state index in [1.54, 1.807) is 17.8 Å². The first-order valence-electron chi connectivity index (χ1n) is 7.02.